The summed E-state index contributed by atoms with van der Waals surface area (Å²) in [5.41, 5.74) is 5.52. The van der Waals surface area contributed by atoms with Crippen LogP contribution < -0.4 is 10.1 Å². The zero-order valence-corrected chi connectivity index (χ0v) is 21.0. The maximum Gasteiger partial charge on any atom is 0.229 e. The van der Waals surface area contributed by atoms with Crippen molar-refractivity contribution >= 4 is 22.5 Å². The number of hydrogen-bond acceptors (Lipinski definition) is 5. The molecule has 6 rings (SSSR count). The second-order valence-corrected chi connectivity index (χ2v) is 9.50. The fraction of sp³-hybridized carbons (Fsp3) is 0.156. The molecule has 1 aliphatic carbocycles. The first kappa shape index (κ1) is 23.8. The van der Waals surface area contributed by atoms with Crippen molar-refractivity contribution in [3.63, 3.8) is 0 Å². The van der Waals surface area contributed by atoms with Gasteiger partial charge in [-0.3, -0.25) is 4.79 Å². The van der Waals surface area contributed by atoms with E-state index in [9.17, 15) is 9.90 Å². The maximum absolute atomic E-state index is 13.2. The van der Waals surface area contributed by atoms with Gasteiger partial charge in [0.2, 0.25) is 5.91 Å². The van der Waals surface area contributed by atoms with Crippen LogP contribution in [0.25, 0.3) is 22.0 Å². The first-order chi connectivity index (χ1) is 18.6. The van der Waals surface area contributed by atoms with Gasteiger partial charge in [-0.15, -0.1) is 0 Å². The molecule has 0 radical (unpaired) electrons. The van der Waals surface area contributed by atoms with Crippen LogP contribution in [0, 0.1) is 0 Å². The van der Waals surface area contributed by atoms with E-state index in [0.717, 1.165) is 51.0 Å². The standard InChI is InChI=1S/C32H27N3O3/c1-38-25-14-15-26-24(19-25)13-16-27-29(26)35-30(31(37)22-8-3-2-4-9-22)32(33-27)34-28(36)18-20-11-12-21-7-5-6-10-23(21)17-20/h2-12,14-15,17,19,31,37H,13,16,18H2,1H3,(H,33,34,36). The van der Waals surface area contributed by atoms with Crippen LogP contribution in [-0.4, -0.2) is 28.1 Å². The molecule has 0 spiro atoms. The lowest BCUT2D eigenvalue weighted by molar-refractivity contribution is -0.115. The summed E-state index contributed by atoms with van der Waals surface area (Å²) in [4.78, 5) is 23.0. The van der Waals surface area contributed by atoms with Gasteiger partial charge in [-0.2, -0.15) is 0 Å². The largest absolute Gasteiger partial charge is 0.497 e. The molecule has 1 aliphatic rings. The van der Waals surface area contributed by atoms with E-state index < -0.39 is 6.10 Å². The highest BCUT2D eigenvalue weighted by Gasteiger charge is 2.26. The first-order valence-electron chi connectivity index (χ1n) is 12.7. The smallest absolute Gasteiger partial charge is 0.229 e. The first-order valence-corrected chi connectivity index (χ1v) is 12.7. The Morgan fingerprint density at radius 2 is 1.71 bits per heavy atom. The molecule has 6 nitrogen and oxygen atoms in total. The molecule has 5 aromatic rings. The number of aromatic nitrogens is 2. The van der Waals surface area contributed by atoms with E-state index in [0.29, 0.717) is 23.5 Å². The summed E-state index contributed by atoms with van der Waals surface area (Å²) in [5, 5.41) is 16.5. The highest BCUT2D eigenvalue weighted by atomic mass is 16.5. The predicted octanol–water partition coefficient (Wildman–Crippen LogP) is 5.67. The molecule has 4 aromatic carbocycles. The van der Waals surface area contributed by atoms with Crippen LogP contribution in [0.3, 0.4) is 0 Å². The van der Waals surface area contributed by atoms with Gasteiger partial charge in [0.15, 0.2) is 5.82 Å². The average Bonchev–Trinajstić information content (AvgIpc) is 2.96. The average molecular weight is 502 g/mol. The van der Waals surface area contributed by atoms with Crippen LogP contribution >= 0.6 is 0 Å². The highest BCUT2D eigenvalue weighted by Crippen LogP contribution is 2.37. The Bertz CT molecular complexity index is 1650. The van der Waals surface area contributed by atoms with Crippen molar-refractivity contribution in [3.8, 4) is 17.0 Å². The van der Waals surface area contributed by atoms with Crippen molar-refractivity contribution in [1.29, 1.82) is 0 Å². The number of hydrogen-bond donors (Lipinski definition) is 2. The van der Waals surface area contributed by atoms with E-state index >= 15 is 0 Å². The Morgan fingerprint density at radius 1 is 0.921 bits per heavy atom. The third-order valence-corrected chi connectivity index (χ3v) is 7.00. The van der Waals surface area contributed by atoms with Gasteiger partial charge in [0, 0.05) is 5.56 Å². The molecule has 0 saturated carbocycles. The van der Waals surface area contributed by atoms with Crippen LogP contribution in [0.4, 0.5) is 5.82 Å². The topological polar surface area (TPSA) is 84.3 Å². The minimum atomic E-state index is -1.05. The number of nitrogens with one attached hydrogen (secondary N) is 1. The molecule has 2 N–H and O–H groups in total. The van der Waals surface area contributed by atoms with Crippen molar-refractivity contribution in [2.45, 2.75) is 25.4 Å². The lowest BCUT2D eigenvalue weighted by Crippen LogP contribution is -2.21. The third-order valence-electron chi connectivity index (χ3n) is 7.00. The van der Waals surface area contributed by atoms with Gasteiger partial charge in [-0.25, -0.2) is 9.97 Å². The number of ether oxygens (including phenoxy) is 1. The molecular weight excluding hydrogens is 474 g/mol. The maximum atomic E-state index is 13.2. The van der Waals surface area contributed by atoms with Gasteiger partial charge in [0.1, 0.15) is 17.5 Å². The summed E-state index contributed by atoms with van der Waals surface area (Å²) >= 11 is 0. The molecule has 6 heteroatoms. The van der Waals surface area contributed by atoms with Crippen LogP contribution in [0.5, 0.6) is 5.75 Å². The van der Waals surface area contributed by atoms with Crippen molar-refractivity contribution < 1.29 is 14.6 Å². The Morgan fingerprint density at radius 3 is 2.53 bits per heavy atom. The second-order valence-electron chi connectivity index (χ2n) is 9.50. The number of carbonyl (C=O) groups excluding carboxylic acids is 1. The van der Waals surface area contributed by atoms with E-state index in [-0.39, 0.29) is 12.3 Å². The summed E-state index contributed by atoms with van der Waals surface area (Å²) in [6.07, 6.45) is 0.609. The SMILES string of the molecule is COc1ccc2c(c1)CCc1nc(NC(=O)Cc3ccc4ccccc4c3)c(C(O)c3ccccc3)nc1-2. The van der Waals surface area contributed by atoms with Crippen LogP contribution in [0.1, 0.15) is 34.2 Å². The number of anilines is 1. The molecule has 1 aromatic heterocycles. The second kappa shape index (κ2) is 10.1. The van der Waals surface area contributed by atoms with E-state index in [1.165, 1.54) is 0 Å². The van der Waals surface area contributed by atoms with Crippen LogP contribution in [-0.2, 0) is 24.1 Å². The molecule has 38 heavy (non-hydrogen) atoms. The number of benzene rings is 4. The van der Waals surface area contributed by atoms with Gasteiger partial charge in [0.25, 0.3) is 0 Å². The summed E-state index contributed by atoms with van der Waals surface area (Å²) in [6, 6.07) is 29.3. The van der Waals surface area contributed by atoms with Crippen LogP contribution in [0.2, 0.25) is 0 Å². The van der Waals surface area contributed by atoms with Gasteiger partial charge < -0.3 is 15.2 Å². The third kappa shape index (κ3) is 4.62. The molecule has 1 heterocycles. The molecule has 0 fully saturated rings. The number of aliphatic hydroxyl groups is 1. The number of amides is 1. The zero-order chi connectivity index (χ0) is 26.1. The minimum Gasteiger partial charge on any atom is -0.497 e. The van der Waals surface area contributed by atoms with Gasteiger partial charge in [-0.1, -0.05) is 72.8 Å². The van der Waals surface area contributed by atoms with Crippen molar-refractivity contribution in [3.05, 3.63) is 119 Å². The molecule has 1 unspecified atom stereocenters. The van der Waals surface area contributed by atoms with Gasteiger partial charge >= 0.3 is 0 Å². The van der Waals surface area contributed by atoms with E-state index in [4.69, 9.17) is 14.7 Å². The number of fused-ring (bicyclic) bond motifs is 4. The number of rotatable bonds is 6. The quantitative estimate of drug-likeness (QED) is 0.313. The zero-order valence-electron chi connectivity index (χ0n) is 21.0. The van der Waals surface area contributed by atoms with E-state index in [1.54, 1.807) is 7.11 Å². The lowest BCUT2D eigenvalue weighted by Gasteiger charge is -2.23. The van der Waals surface area contributed by atoms with E-state index in [2.05, 4.69) is 5.32 Å². The van der Waals surface area contributed by atoms with Crippen LogP contribution in [0.15, 0.2) is 91.0 Å². The van der Waals surface area contributed by atoms with Crippen molar-refractivity contribution in [2.24, 2.45) is 0 Å². The minimum absolute atomic E-state index is 0.188. The van der Waals surface area contributed by atoms with Gasteiger partial charge in [0.05, 0.1) is 24.9 Å². The van der Waals surface area contributed by atoms with E-state index in [1.807, 2.05) is 91.0 Å². The monoisotopic (exact) mass is 501 g/mol. The number of nitrogens with zero attached hydrogens (tertiary/aromatic N) is 2. The lowest BCUT2D eigenvalue weighted by atomic mass is 9.91. The molecule has 1 atom stereocenters. The summed E-state index contributed by atoms with van der Waals surface area (Å²) < 4.78 is 5.40. The molecule has 0 aliphatic heterocycles. The number of aliphatic hydroxyl groups excluding tert-OH is 1. The number of aryl methyl sites for hydroxylation is 2. The molecule has 1 amide bonds. The Kier molecular flexibility index (Phi) is 6.32. The fourth-order valence-corrected chi connectivity index (χ4v) is 5.05. The molecule has 188 valence electrons. The van der Waals surface area contributed by atoms with Gasteiger partial charge in [-0.05, 0) is 58.5 Å². The number of methoxy groups -OCH3 is 1. The Labute approximate surface area is 221 Å². The fourth-order valence-electron chi connectivity index (χ4n) is 5.05. The van der Waals surface area contributed by atoms with Crippen molar-refractivity contribution in [2.75, 3.05) is 12.4 Å². The summed E-state index contributed by atoms with van der Waals surface area (Å²) in [7, 11) is 1.65. The van der Waals surface area contributed by atoms with Crippen molar-refractivity contribution in [1.82, 2.24) is 9.97 Å². The number of carbonyl (C=O) groups is 1. The molecule has 0 saturated heterocycles. The normalized spacial score (nSPS) is 12.9. The summed E-state index contributed by atoms with van der Waals surface area (Å²) in [6.45, 7) is 0. The Balaban J connectivity index is 1.36. The predicted molar refractivity (Wildman–Crippen MR) is 148 cm³/mol. The summed E-state index contributed by atoms with van der Waals surface area (Å²) in [5.74, 6) is 0.877. The molecular formula is C32H27N3O3. The Hall–Kier alpha value is -4.55. The highest BCUT2D eigenvalue weighted by molar-refractivity contribution is 5.93. The molecule has 0 bridgehead atoms.